The highest BCUT2D eigenvalue weighted by atomic mass is 127. The van der Waals surface area contributed by atoms with Gasteiger partial charge in [0, 0.05) is 11.8 Å². The lowest BCUT2D eigenvalue weighted by atomic mass is 9.64. The zero-order valence-corrected chi connectivity index (χ0v) is 18.7. The molecule has 0 fully saturated rings. The number of allylic oxidation sites excluding steroid dienone is 1. The summed E-state index contributed by atoms with van der Waals surface area (Å²) in [6, 6.07) is 18.2. The minimum atomic E-state index is -0.0497. The van der Waals surface area contributed by atoms with Gasteiger partial charge in [-0.15, -0.1) is 6.58 Å². The summed E-state index contributed by atoms with van der Waals surface area (Å²) in [6.45, 7) is 6.48. The van der Waals surface area contributed by atoms with Gasteiger partial charge in [0.2, 0.25) is 0 Å². The quantitative estimate of drug-likeness (QED) is 0.366. The van der Waals surface area contributed by atoms with Crippen molar-refractivity contribution >= 4 is 0 Å². The molecule has 4 rings (SSSR count). The zero-order valence-electron chi connectivity index (χ0n) is 16.5. The number of hydrogen-bond donors (Lipinski definition) is 0. The van der Waals surface area contributed by atoms with Gasteiger partial charge in [0.15, 0.2) is 0 Å². The molecule has 0 spiro atoms. The van der Waals surface area contributed by atoms with E-state index in [9.17, 15) is 0 Å². The fraction of sp³-hybridized carbons (Fsp3) is 0.360. The summed E-state index contributed by atoms with van der Waals surface area (Å²) in [5.74, 6) is 0. The smallest absolute Gasteiger partial charge is 0.0972 e. The molecular weight excluding hydrogens is 441 g/mol. The van der Waals surface area contributed by atoms with Crippen molar-refractivity contribution in [2.24, 2.45) is 0 Å². The van der Waals surface area contributed by atoms with Crippen LogP contribution in [0.1, 0.15) is 35.1 Å². The molecule has 0 atom stereocenters. The number of quaternary nitrogens is 1. The molecule has 0 aromatic heterocycles. The molecule has 0 N–H and O–H groups in total. The second-order valence-corrected chi connectivity index (χ2v) is 8.53. The number of rotatable bonds is 3. The third kappa shape index (κ3) is 3.54. The summed E-state index contributed by atoms with van der Waals surface area (Å²) in [5, 5.41) is 0. The first-order chi connectivity index (χ1) is 12.6. The Balaban J connectivity index is 0.00000210. The topological polar surface area (TPSA) is 0 Å². The fourth-order valence-electron chi connectivity index (χ4n) is 5.00. The molecule has 0 saturated carbocycles. The predicted octanol–water partition coefficient (Wildman–Crippen LogP) is 2.06. The van der Waals surface area contributed by atoms with Gasteiger partial charge in [-0.1, -0.05) is 54.6 Å². The molecule has 1 heterocycles. The van der Waals surface area contributed by atoms with Crippen LogP contribution in [0.4, 0.5) is 0 Å². The number of likely N-dealkylation sites (N-methyl/N-ethyl adjacent to an activating group) is 1. The van der Waals surface area contributed by atoms with Gasteiger partial charge in [-0.25, -0.2) is 0 Å². The molecule has 1 aliphatic heterocycles. The van der Waals surface area contributed by atoms with Crippen LogP contribution in [-0.2, 0) is 18.3 Å². The van der Waals surface area contributed by atoms with Crippen LogP contribution in [0.2, 0.25) is 0 Å². The summed E-state index contributed by atoms with van der Waals surface area (Å²) in [5.41, 5.74) is 7.56. The average Bonchev–Trinajstić information content (AvgIpc) is 2.78. The third-order valence-corrected chi connectivity index (χ3v) is 6.44. The van der Waals surface area contributed by atoms with Crippen LogP contribution >= 0.6 is 0 Å². The molecule has 0 unspecified atom stereocenters. The van der Waals surface area contributed by atoms with Gasteiger partial charge in [-0.05, 0) is 53.2 Å². The van der Waals surface area contributed by atoms with Gasteiger partial charge in [0.05, 0.1) is 27.2 Å². The van der Waals surface area contributed by atoms with E-state index in [0.717, 1.165) is 36.7 Å². The van der Waals surface area contributed by atoms with Crippen LogP contribution in [0, 0.1) is 0 Å². The highest BCUT2D eigenvalue weighted by Gasteiger charge is 2.42. The molecule has 1 aliphatic carbocycles. The number of hydrogen-bond acceptors (Lipinski definition) is 0. The third-order valence-electron chi connectivity index (χ3n) is 6.44. The lowest BCUT2D eigenvalue weighted by Gasteiger charge is -2.42. The molecule has 0 radical (unpaired) electrons. The average molecular weight is 471 g/mol. The summed E-state index contributed by atoms with van der Waals surface area (Å²) in [4.78, 5) is 0. The van der Waals surface area contributed by atoms with Gasteiger partial charge in [-0.2, -0.15) is 0 Å². The van der Waals surface area contributed by atoms with Crippen LogP contribution in [0.15, 0.2) is 72.8 Å². The Labute approximate surface area is 181 Å². The Morgan fingerprint density at radius 2 is 1.48 bits per heavy atom. The summed E-state index contributed by atoms with van der Waals surface area (Å²) in [6.07, 6.45) is 9.05. The van der Waals surface area contributed by atoms with E-state index >= 15 is 0 Å². The Morgan fingerprint density at radius 1 is 0.926 bits per heavy atom. The van der Waals surface area contributed by atoms with Crippen molar-refractivity contribution < 1.29 is 28.5 Å². The van der Waals surface area contributed by atoms with E-state index in [4.69, 9.17) is 0 Å². The Kier molecular flexibility index (Phi) is 5.97. The van der Waals surface area contributed by atoms with E-state index in [1.165, 1.54) is 28.8 Å². The van der Waals surface area contributed by atoms with Crippen molar-refractivity contribution in [2.45, 2.75) is 31.1 Å². The Morgan fingerprint density at radius 3 is 1.96 bits per heavy atom. The van der Waals surface area contributed by atoms with E-state index in [0.29, 0.717) is 0 Å². The molecular formula is C25H30IN. The van der Waals surface area contributed by atoms with E-state index in [1.807, 2.05) is 0 Å². The standard InChI is InChI=1S/C25H30N.HI/c1-4-17-25(22-15-18-26(2,3)19-16-22)23-11-7-5-9-20(23)13-14-21-10-6-8-12-24(21)25;/h4-12,15H,1,13-14,16-19H2,2-3H3;1H/q+1;/p-1. The summed E-state index contributed by atoms with van der Waals surface area (Å²) in [7, 11) is 4.67. The molecule has 0 bridgehead atoms. The molecule has 27 heavy (non-hydrogen) atoms. The number of nitrogens with zero attached hydrogens (tertiary/aromatic N) is 1. The van der Waals surface area contributed by atoms with Crippen LogP contribution in [0.25, 0.3) is 0 Å². The van der Waals surface area contributed by atoms with Crippen LogP contribution in [0.3, 0.4) is 0 Å². The van der Waals surface area contributed by atoms with E-state index in [1.54, 1.807) is 5.57 Å². The van der Waals surface area contributed by atoms with E-state index in [-0.39, 0.29) is 29.4 Å². The fourth-order valence-corrected chi connectivity index (χ4v) is 5.00. The van der Waals surface area contributed by atoms with Gasteiger partial charge in [0.25, 0.3) is 0 Å². The SMILES string of the molecule is C=CCC1(C2=CC[N+](C)(C)CC2)c2ccccc2CCc2ccccc21.[I-]. The van der Waals surface area contributed by atoms with Crippen LogP contribution in [0.5, 0.6) is 0 Å². The molecule has 2 aromatic carbocycles. The van der Waals surface area contributed by atoms with E-state index < -0.39 is 0 Å². The summed E-state index contributed by atoms with van der Waals surface area (Å²) < 4.78 is 1.08. The molecule has 2 aliphatic rings. The normalized spacial score (nSPS) is 19.6. The lowest BCUT2D eigenvalue weighted by molar-refractivity contribution is -0.886. The first-order valence-corrected chi connectivity index (χ1v) is 9.86. The van der Waals surface area contributed by atoms with Crippen molar-refractivity contribution in [1.82, 2.24) is 0 Å². The maximum absolute atomic E-state index is 4.17. The maximum Gasteiger partial charge on any atom is 0.0972 e. The zero-order chi connectivity index (χ0) is 18.2. The molecule has 1 nitrogen and oxygen atoms in total. The Hall–Kier alpha value is -1.39. The Bertz CT molecular complexity index is 815. The second-order valence-electron chi connectivity index (χ2n) is 8.53. The lowest BCUT2D eigenvalue weighted by Crippen LogP contribution is -3.00. The molecule has 142 valence electrons. The number of fused-ring (bicyclic) bond motifs is 2. The van der Waals surface area contributed by atoms with Crippen molar-refractivity contribution in [3.05, 3.63) is 95.1 Å². The first kappa shape index (κ1) is 20.3. The van der Waals surface area contributed by atoms with Gasteiger partial charge < -0.3 is 28.5 Å². The first-order valence-electron chi connectivity index (χ1n) is 9.86. The highest BCUT2D eigenvalue weighted by Crippen LogP contribution is 2.49. The van der Waals surface area contributed by atoms with Crippen LogP contribution < -0.4 is 24.0 Å². The van der Waals surface area contributed by atoms with Crippen molar-refractivity contribution in [3.8, 4) is 0 Å². The molecule has 2 aromatic rings. The maximum atomic E-state index is 4.17. The highest BCUT2D eigenvalue weighted by molar-refractivity contribution is 5.57. The minimum Gasteiger partial charge on any atom is -1.00 e. The molecule has 2 heteroatoms. The van der Waals surface area contributed by atoms with Gasteiger partial charge in [-0.3, -0.25) is 0 Å². The van der Waals surface area contributed by atoms with Gasteiger partial charge in [0.1, 0.15) is 0 Å². The van der Waals surface area contributed by atoms with Crippen molar-refractivity contribution in [1.29, 1.82) is 0 Å². The number of halogens is 1. The second kappa shape index (κ2) is 7.92. The number of benzene rings is 2. The molecule has 0 amide bonds. The largest absolute Gasteiger partial charge is 1.00 e. The van der Waals surface area contributed by atoms with Crippen LogP contribution in [-0.4, -0.2) is 31.7 Å². The minimum absolute atomic E-state index is 0. The predicted molar refractivity (Wildman–Crippen MR) is 110 cm³/mol. The monoisotopic (exact) mass is 471 g/mol. The van der Waals surface area contributed by atoms with Crippen molar-refractivity contribution in [2.75, 3.05) is 27.2 Å². The van der Waals surface area contributed by atoms with Crippen molar-refractivity contribution in [3.63, 3.8) is 0 Å². The number of aryl methyl sites for hydroxylation is 2. The van der Waals surface area contributed by atoms with Gasteiger partial charge >= 0.3 is 0 Å². The molecule has 0 saturated heterocycles. The summed E-state index contributed by atoms with van der Waals surface area (Å²) >= 11 is 0. The van der Waals surface area contributed by atoms with E-state index in [2.05, 4.69) is 81.4 Å².